The van der Waals surface area contributed by atoms with E-state index in [1.807, 2.05) is 0 Å². The summed E-state index contributed by atoms with van der Waals surface area (Å²) in [7, 11) is 1.30. The minimum absolute atomic E-state index is 0.00532. The lowest BCUT2D eigenvalue weighted by Gasteiger charge is -2.10. The number of rotatable bonds is 3. The van der Waals surface area contributed by atoms with Gasteiger partial charge in [-0.05, 0) is 19.1 Å². The first-order valence-electron chi connectivity index (χ1n) is 5.74. The summed E-state index contributed by atoms with van der Waals surface area (Å²) in [5.74, 6) is -0.513. The molecule has 0 saturated heterocycles. The molecule has 0 spiro atoms. The van der Waals surface area contributed by atoms with E-state index in [-0.39, 0.29) is 17.8 Å². The third-order valence-corrected chi connectivity index (χ3v) is 2.91. The molecule has 19 heavy (non-hydrogen) atoms. The zero-order valence-electron chi connectivity index (χ0n) is 10.7. The number of benzene rings is 1. The molecule has 0 aliphatic rings. The number of fused-ring (bicyclic) bond motifs is 1. The molecule has 2 aromatic rings. The Kier molecular flexibility index (Phi) is 3.46. The van der Waals surface area contributed by atoms with E-state index in [9.17, 15) is 14.4 Å². The summed E-state index contributed by atoms with van der Waals surface area (Å²) in [6, 6.07) is 6.21. The molecule has 0 saturated carbocycles. The number of carbonyl (C=O) groups is 2. The van der Waals surface area contributed by atoms with E-state index < -0.39 is 5.97 Å². The van der Waals surface area contributed by atoms with Crippen molar-refractivity contribution in [2.45, 2.75) is 13.5 Å². The number of ether oxygens (including phenoxy) is 1. The maximum atomic E-state index is 11.8. The standard InChI is InChI=1S/C14H13NO4/c1-9(16)10-3-4-11-12(7-10)15(6-5-13(11)17)8-14(18)19-2/h3-7H,8H2,1-2H3. The summed E-state index contributed by atoms with van der Waals surface area (Å²) in [6.45, 7) is 1.45. The fourth-order valence-electron chi connectivity index (χ4n) is 1.87. The molecule has 1 heterocycles. The predicted molar refractivity (Wildman–Crippen MR) is 70.2 cm³/mol. The van der Waals surface area contributed by atoms with Crippen LogP contribution in [0, 0.1) is 0 Å². The van der Waals surface area contributed by atoms with Crippen molar-refractivity contribution in [1.82, 2.24) is 4.57 Å². The monoisotopic (exact) mass is 259 g/mol. The minimum Gasteiger partial charge on any atom is -0.468 e. The number of hydrogen-bond acceptors (Lipinski definition) is 4. The fourth-order valence-corrected chi connectivity index (χ4v) is 1.87. The Morgan fingerprint density at radius 3 is 2.63 bits per heavy atom. The van der Waals surface area contributed by atoms with E-state index in [4.69, 9.17) is 0 Å². The topological polar surface area (TPSA) is 65.4 Å². The molecule has 0 unspecified atom stereocenters. The van der Waals surface area contributed by atoms with Gasteiger partial charge in [0.1, 0.15) is 6.54 Å². The third kappa shape index (κ3) is 2.54. The van der Waals surface area contributed by atoms with Gasteiger partial charge in [-0.1, -0.05) is 6.07 Å². The van der Waals surface area contributed by atoms with Crippen molar-refractivity contribution in [2.24, 2.45) is 0 Å². The molecule has 1 aromatic heterocycles. The smallest absolute Gasteiger partial charge is 0.325 e. The maximum Gasteiger partial charge on any atom is 0.325 e. The summed E-state index contributed by atoms with van der Waals surface area (Å²) < 4.78 is 6.20. The molecule has 0 atom stereocenters. The molecular formula is C14H13NO4. The van der Waals surface area contributed by atoms with E-state index in [1.54, 1.807) is 22.8 Å². The number of aromatic nitrogens is 1. The van der Waals surface area contributed by atoms with Gasteiger partial charge in [-0.2, -0.15) is 0 Å². The lowest BCUT2D eigenvalue weighted by Crippen LogP contribution is -2.15. The van der Waals surface area contributed by atoms with Crippen molar-refractivity contribution in [3.8, 4) is 0 Å². The summed E-state index contributed by atoms with van der Waals surface area (Å²) in [4.78, 5) is 34.5. The number of carbonyl (C=O) groups excluding carboxylic acids is 2. The molecular weight excluding hydrogens is 246 g/mol. The SMILES string of the molecule is COC(=O)Cn1ccc(=O)c2ccc(C(C)=O)cc21. The summed E-state index contributed by atoms with van der Waals surface area (Å²) in [6.07, 6.45) is 1.52. The van der Waals surface area contributed by atoms with E-state index in [2.05, 4.69) is 4.74 Å². The van der Waals surface area contributed by atoms with E-state index >= 15 is 0 Å². The number of methoxy groups -OCH3 is 1. The predicted octanol–water partition coefficient (Wildman–Crippen LogP) is 1.38. The van der Waals surface area contributed by atoms with Gasteiger partial charge in [0.15, 0.2) is 11.2 Å². The molecule has 0 fully saturated rings. The van der Waals surface area contributed by atoms with Gasteiger partial charge in [-0.15, -0.1) is 0 Å². The van der Waals surface area contributed by atoms with Gasteiger partial charge in [0.25, 0.3) is 0 Å². The van der Waals surface area contributed by atoms with Crippen molar-refractivity contribution in [3.63, 3.8) is 0 Å². The second-order valence-electron chi connectivity index (χ2n) is 4.17. The van der Waals surface area contributed by atoms with Gasteiger partial charge in [-0.25, -0.2) is 0 Å². The van der Waals surface area contributed by atoms with Gasteiger partial charge in [-0.3, -0.25) is 14.4 Å². The highest BCUT2D eigenvalue weighted by atomic mass is 16.5. The number of esters is 1. The lowest BCUT2D eigenvalue weighted by molar-refractivity contribution is -0.141. The number of nitrogens with zero attached hydrogens (tertiary/aromatic N) is 1. The number of pyridine rings is 1. The van der Waals surface area contributed by atoms with Gasteiger partial charge in [0.2, 0.25) is 0 Å². The van der Waals surface area contributed by atoms with Crippen LogP contribution < -0.4 is 5.43 Å². The van der Waals surface area contributed by atoms with Crippen LogP contribution in [-0.4, -0.2) is 23.4 Å². The second-order valence-corrected chi connectivity index (χ2v) is 4.17. The highest BCUT2D eigenvalue weighted by molar-refractivity contribution is 5.97. The molecule has 5 heteroatoms. The first-order chi connectivity index (χ1) is 9.02. The van der Waals surface area contributed by atoms with E-state index in [0.717, 1.165) is 0 Å². The molecule has 0 N–H and O–H groups in total. The average molecular weight is 259 g/mol. The van der Waals surface area contributed by atoms with Crippen molar-refractivity contribution in [2.75, 3.05) is 7.11 Å². The Bertz CT molecular complexity index is 715. The molecule has 5 nitrogen and oxygen atoms in total. The van der Waals surface area contributed by atoms with Crippen LogP contribution in [0.1, 0.15) is 17.3 Å². The number of Topliss-reactive ketones (excluding diaryl/α,β-unsaturated/α-hetero) is 1. The van der Waals surface area contributed by atoms with Crippen molar-refractivity contribution in [3.05, 3.63) is 46.2 Å². The highest BCUT2D eigenvalue weighted by Crippen LogP contribution is 2.13. The molecule has 0 aliphatic carbocycles. The van der Waals surface area contributed by atoms with Gasteiger partial charge in [0, 0.05) is 23.2 Å². The zero-order valence-corrected chi connectivity index (χ0v) is 10.7. The Hall–Kier alpha value is -2.43. The Labute approximate surface area is 109 Å². The summed E-state index contributed by atoms with van der Waals surface area (Å²) in [5.41, 5.74) is 0.897. The molecule has 1 aromatic carbocycles. The first-order valence-corrected chi connectivity index (χ1v) is 5.74. The van der Waals surface area contributed by atoms with Crippen LogP contribution in [0.25, 0.3) is 10.9 Å². The molecule has 0 radical (unpaired) electrons. The van der Waals surface area contributed by atoms with Crippen LogP contribution in [0.4, 0.5) is 0 Å². The Morgan fingerprint density at radius 1 is 1.26 bits per heavy atom. The highest BCUT2D eigenvalue weighted by Gasteiger charge is 2.09. The average Bonchev–Trinajstić information content (AvgIpc) is 2.41. The Morgan fingerprint density at radius 2 is 2.00 bits per heavy atom. The van der Waals surface area contributed by atoms with Gasteiger partial charge < -0.3 is 9.30 Å². The largest absolute Gasteiger partial charge is 0.468 e. The van der Waals surface area contributed by atoms with Crippen LogP contribution in [0.5, 0.6) is 0 Å². The maximum absolute atomic E-state index is 11.8. The normalized spacial score (nSPS) is 10.4. The van der Waals surface area contributed by atoms with Crippen LogP contribution in [-0.2, 0) is 16.1 Å². The van der Waals surface area contributed by atoms with Crippen molar-refractivity contribution in [1.29, 1.82) is 0 Å². The van der Waals surface area contributed by atoms with Crippen LogP contribution >= 0.6 is 0 Å². The van der Waals surface area contributed by atoms with Crippen molar-refractivity contribution < 1.29 is 14.3 Å². The summed E-state index contributed by atoms with van der Waals surface area (Å²) in [5, 5.41) is 0.469. The van der Waals surface area contributed by atoms with E-state index in [1.165, 1.54) is 26.3 Å². The quantitative estimate of drug-likeness (QED) is 0.617. The molecule has 98 valence electrons. The third-order valence-electron chi connectivity index (χ3n) is 2.91. The van der Waals surface area contributed by atoms with E-state index in [0.29, 0.717) is 16.5 Å². The second kappa shape index (κ2) is 5.06. The van der Waals surface area contributed by atoms with Crippen LogP contribution in [0.2, 0.25) is 0 Å². The summed E-state index contributed by atoms with van der Waals surface area (Å²) >= 11 is 0. The van der Waals surface area contributed by atoms with Crippen molar-refractivity contribution >= 4 is 22.7 Å². The molecule has 0 amide bonds. The molecule has 2 rings (SSSR count). The Balaban J connectivity index is 2.66. The van der Waals surface area contributed by atoms with Gasteiger partial charge in [0.05, 0.1) is 12.6 Å². The van der Waals surface area contributed by atoms with Crippen LogP contribution in [0.15, 0.2) is 35.3 Å². The number of hydrogen-bond donors (Lipinski definition) is 0. The van der Waals surface area contributed by atoms with Crippen LogP contribution in [0.3, 0.4) is 0 Å². The van der Waals surface area contributed by atoms with Gasteiger partial charge >= 0.3 is 5.97 Å². The lowest BCUT2D eigenvalue weighted by atomic mass is 10.1. The molecule has 0 aliphatic heterocycles. The minimum atomic E-state index is -0.418. The molecule has 0 bridgehead atoms. The zero-order chi connectivity index (χ0) is 14.0. The fraction of sp³-hybridized carbons (Fsp3) is 0.214. The first kappa shape index (κ1) is 13.0. The number of ketones is 1.